The second kappa shape index (κ2) is 10.2. The van der Waals surface area contributed by atoms with E-state index in [1.54, 1.807) is 43.9 Å². The number of amides is 1. The molecule has 3 rings (SSSR count). The Bertz CT molecular complexity index is 1050. The molecule has 2 aromatic carbocycles. The molecule has 0 aliphatic rings. The molecule has 0 spiro atoms. The van der Waals surface area contributed by atoms with Gasteiger partial charge in [-0.3, -0.25) is 9.59 Å². The zero-order chi connectivity index (χ0) is 21.5. The van der Waals surface area contributed by atoms with Gasteiger partial charge in [0.05, 0.1) is 32.0 Å². The predicted octanol–water partition coefficient (Wildman–Crippen LogP) is 4.31. The van der Waals surface area contributed by atoms with E-state index in [4.69, 9.17) is 14.2 Å². The Morgan fingerprint density at radius 2 is 1.87 bits per heavy atom. The fraction of sp³-hybridized carbons (Fsp3) is 0.190. The minimum atomic E-state index is -0.526. The molecule has 0 fully saturated rings. The third kappa shape index (κ3) is 5.58. The topological polar surface area (TPSA) is 86.8 Å². The summed E-state index contributed by atoms with van der Waals surface area (Å²) < 4.78 is 16.4. The van der Waals surface area contributed by atoms with Gasteiger partial charge in [0.2, 0.25) is 0 Å². The van der Waals surface area contributed by atoms with Crippen molar-refractivity contribution in [2.24, 2.45) is 0 Å². The largest absolute Gasteiger partial charge is 0.493 e. The molecular weight excluding hydrogens is 472 g/mol. The van der Waals surface area contributed by atoms with E-state index in [2.05, 4.69) is 26.2 Å². The van der Waals surface area contributed by atoms with Gasteiger partial charge in [0.15, 0.2) is 18.1 Å². The standard InChI is InChI=1S/C21H19BrN2O5S/c1-27-17-8-7-13(9-18(17)28-2)21-23-14(12-30-21)10-20(26)29-11-19(25)24-16-6-4-3-5-15(16)22/h3-9,12H,10-11H2,1-2H3,(H,24,25). The molecule has 1 aromatic heterocycles. The van der Waals surface area contributed by atoms with Crippen molar-refractivity contribution >= 4 is 44.8 Å². The van der Waals surface area contributed by atoms with Gasteiger partial charge in [0.1, 0.15) is 5.01 Å². The normalized spacial score (nSPS) is 10.4. The first-order valence-electron chi connectivity index (χ1n) is 8.87. The molecule has 0 aliphatic carbocycles. The Morgan fingerprint density at radius 3 is 2.60 bits per heavy atom. The summed E-state index contributed by atoms with van der Waals surface area (Å²) in [7, 11) is 3.14. The minimum absolute atomic E-state index is 0.0217. The molecule has 0 saturated carbocycles. The smallest absolute Gasteiger partial charge is 0.312 e. The SMILES string of the molecule is COc1ccc(-c2nc(CC(=O)OCC(=O)Nc3ccccc3Br)cs2)cc1OC. The van der Waals surface area contributed by atoms with Crippen molar-refractivity contribution in [3.8, 4) is 22.1 Å². The zero-order valence-corrected chi connectivity index (χ0v) is 18.7. The van der Waals surface area contributed by atoms with E-state index >= 15 is 0 Å². The first kappa shape index (κ1) is 21.8. The number of hydrogen-bond acceptors (Lipinski definition) is 7. The number of para-hydroxylation sites is 1. The van der Waals surface area contributed by atoms with Gasteiger partial charge in [-0.05, 0) is 46.3 Å². The van der Waals surface area contributed by atoms with Gasteiger partial charge in [0, 0.05) is 15.4 Å². The number of methoxy groups -OCH3 is 2. The molecule has 1 N–H and O–H groups in total. The number of aromatic nitrogens is 1. The third-order valence-electron chi connectivity index (χ3n) is 4.02. The van der Waals surface area contributed by atoms with Crippen LogP contribution in [0.25, 0.3) is 10.6 Å². The third-order valence-corrected chi connectivity index (χ3v) is 5.65. The summed E-state index contributed by atoms with van der Waals surface area (Å²) in [5.41, 5.74) is 2.03. The fourth-order valence-corrected chi connectivity index (χ4v) is 3.78. The molecule has 0 unspecified atom stereocenters. The van der Waals surface area contributed by atoms with E-state index in [0.717, 1.165) is 15.0 Å². The van der Waals surface area contributed by atoms with Crippen LogP contribution in [-0.2, 0) is 20.7 Å². The summed E-state index contributed by atoms with van der Waals surface area (Å²) in [6.45, 7) is -0.368. The van der Waals surface area contributed by atoms with Gasteiger partial charge < -0.3 is 19.5 Å². The van der Waals surface area contributed by atoms with Gasteiger partial charge in [-0.1, -0.05) is 12.1 Å². The summed E-state index contributed by atoms with van der Waals surface area (Å²) in [6.07, 6.45) is -0.0217. The zero-order valence-electron chi connectivity index (χ0n) is 16.3. The first-order valence-corrected chi connectivity index (χ1v) is 10.5. The van der Waals surface area contributed by atoms with Crippen LogP contribution in [0.1, 0.15) is 5.69 Å². The van der Waals surface area contributed by atoms with Gasteiger partial charge in [-0.15, -0.1) is 11.3 Å². The minimum Gasteiger partial charge on any atom is -0.493 e. The Hall–Kier alpha value is -2.91. The van der Waals surface area contributed by atoms with E-state index < -0.39 is 11.9 Å². The van der Waals surface area contributed by atoms with E-state index in [9.17, 15) is 9.59 Å². The number of anilines is 1. The number of halogens is 1. The number of nitrogens with one attached hydrogen (secondary N) is 1. The highest BCUT2D eigenvalue weighted by atomic mass is 79.9. The molecule has 0 aliphatic heterocycles. The van der Waals surface area contributed by atoms with Crippen LogP contribution < -0.4 is 14.8 Å². The first-order chi connectivity index (χ1) is 14.5. The Kier molecular flexibility index (Phi) is 7.42. The number of ether oxygens (including phenoxy) is 3. The van der Waals surface area contributed by atoms with Crippen molar-refractivity contribution < 1.29 is 23.8 Å². The number of esters is 1. The number of thiazole rings is 1. The molecule has 1 heterocycles. The van der Waals surface area contributed by atoms with Crippen LogP contribution in [0.15, 0.2) is 52.3 Å². The van der Waals surface area contributed by atoms with Gasteiger partial charge in [0.25, 0.3) is 5.91 Å². The molecule has 0 saturated heterocycles. The number of benzene rings is 2. The number of carbonyl (C=O) groups excluding carboxylic acids is 2. The van der Waals surface area contributed by atoms with Gasteiger partial charge in [-0.2, -0.15) is 0 Å². The Balaban J connectivity index is 1.55. The monoisotopic (exact) mass is 490 g/mol. The molecule has 30 heavy (non-hydrogen) atoms. The average Bonchev–Trinajstić information content (AvgIpc) is 3.21. The maximum absolute atomic E-state index is 12.1. The van der Waals surface area contributed by atoms with Crippen molar-refractivity contribution in [1.29, 1.82) is 0 Å². The van der Waals surface area contributed by atoms with E-state index in [1.807, 2.05) is 18.2 Å². The number of hydrogen-bond donors (Lipinski definition) is 1. The second-order valence-electron chi connectivity index (χ2n) is 6.08. The molecule has 0 bridgehead atoms. The lowest BCUT2D eigenvalue weighted by Gasteiger charge is -2.08. The quantitative estimate of drug-likeness (QED) is 0.473. The van der Waals surface area contributed by atoms with Crippen LogP contribution in [0.4, 0.5) is 5.69 Å². The van der Waals surface area contributed by atoms with Crippen LogP contribution in [0, 0.1) is 0 Å². The summed E-state index contributed by atoms with van der Waals surface area (Å²) >= 11 is 4.75. The molecule has 0 atom stereocenters. The highest BCUT2D eigenvalue weighted by molar-refractivity contribution is 9.10. The van der Waals surface area contributed by atoms with Crippen LogP contribution in [0.3, 0.4) is 0 Å². The molecule has 156 valence electrons. The molecule has 7 nitrogen and oxygen atoms in total. The van der Waals surface area contributed by atoms with E-state index in [1.165, 1.54) is 11.3 Å². The summed E-state index contributed by atoms with van der Waals surface area (Å²) in [4.78, 5) is 28.5. The van der Waals surface area contributed by atoms with Gasteiger partial charge in [-0.25, -0.2) is 4.98 Å². The summed E-state index contributed by atoms with van der Waals surface area (Å²) in [5, 5.41) is 5.20. The van der Waals surface area contributed by atoms with Crippen molar-refractivity contribution in [3.63, 3.8) is 0 Å². The van der Waals surface area contributed by atoms with E-state index in [0.29, 0.717) is 22.9 Å². The molecule has 9 heteroatoms. The summed E-state index contributed by atoms with van der Waals surface area (Å²) in [6, 6.07) is 12.7. The maximum Gasteiger partial charge on any atom is 0.312 e. The lowest BCUT2D eigenvalue weighted by atomic mass is 10.2. The second-order valence-corrected chi connectivity index (χ2v) is 7.79. The predicted molar refractivity (Wildman–Crippen MR) is 118 cm³/mol. The number of nitrogens with zero attached hydrogens (tertiary/aromatic N) is 1. The molecule has 0 radical (unpaired) electrons. The lowest BCUT2D eigenvalue weighted by molar-refractivity contribution is -0.146. The van der Waals surface area contributed by atoms with Gasteiger partial charge >= 0.3 is 5.97 Å². The fourth-order valence-electron chi connectivity index (χ4n) is 2.58. The van der Waals surface area contributed by atoms with Crippen LogP contribution in [0.5, 0.6) is 11.5 Å². The Morgan fingerprint density at radius 1 is 1.10 bits per heavy atom. The number of carbonyl (C=O) groups is 2. The number of rotatable bonds is 8. The van der Waals surface area contributed by atoms with Crippen molar-refractivity contribution in [3.05, 3.63) is 58.0 Å². The maximum atomic E-state index is 12.1. The van der Waals surface area contributed by atoms with Crippen LogP contribution >= 0.6 is 27.3 Å². The van der Waals surface area contributed by atoms with E-state index in [-0.39, 0.29) is 13.0 Å². The van der Waals surface area contributed by atoms with Crippen molar-refractivity contribution in [2.45, 2.75) is 6.42 Å². The highest BCUT2D eigenvalue weighted by Crippen LogP contribution is 2.33. The highest BCUT2D eigenvalue weighted by Gasteiger charge is 2.14. The average molecular weight is 491 g/mol. The molecule has 1 amide bonds. The summed E-state index contributed by atoms with van der Waals surface area (Å²) in [5.74, 6) is 0.283. The lowest BCUT2D eigenvalue weighted by Crippen LogP contribution is -2.21. The van der Waals surface area contributed by atoms with Crippen LogP contribution in [0.2, 0.25) is 0 Å². The van der Waals surface area contributed by atoms with Crippen LogP contribution in [-0.4, -0.2) is 37.7 Å². The van der Waals surface area contributed by atoms with Crippen molar-refractivity contribution in [2.75, 3.05) is 26.1 Å². The molecule has 3 aromatic rings. The van der Waals surface area contributed by atoms with Crippen molar-refractivity contribution in [1.82, 2.24) is 4.98 Å². The Labute approximate surface area is 186 Å². The molecular formula is C21H19BrN2O5S.